The molecule has 0 saturated carbocycles. The molecule has 0 amide bonds. The van der Waals surface area contributed by atoms with Gasteiger partial charge in [0, 0.05) is 20.2 Å². The van der Waals surface area contributed by atoms with Crippen LogP contribution in [-0.2, 0) is 4.74 Å². The van der Waals surface area contributed by atoms with Crippen LogP contribution in [0.3, 0.4) is 0 Å². The van der Waals surface area contributed by atoms with Gasteiger partial charge in [-0.15, -0.1) is 0 Å². The Bertz CT molecular complexity index is 150. The Morgan fingerprint density at radius 1 is 1.36 bits per heavy atom. The number of nitrogens with zero attached hydrogens (tertiary/aromatic N) is 1. The van der Waals surface area contributed by atoms with Gasteiger partial charge in [0.15, 0.2) is 5.60 Å². The molecule has 2 nitrogen and oxygen atoms in total. The maximum absolute atomic E-state index is 12.2. The van der Waals surface area contributed by atoms with Gasteiger partial charge in [-0.3, -0.25) is 4.90 Å². The van der Waals surface area contributed by atoms with Crippen LogP contribution in [0.4, 0.5) is 13.2 Å². The van der Waals surface area contributed by atoms with Gasteiger partial charge in [-0.05, 0) is 7.05 Å². The Morgan fingerprint density at radius 3 is 1.91 bits per heavy atom. The van der Waals surface area contributed by atoms with Gasteiger partial charge in [-0.2, -0.15) is 13.2 Å². The van der Waals surface area contributed by atoms with Crippen LogP contribution in [0.15, 0.2) is 0 Å². The van der Waals surface area contributed by atoms with Crippen LogP contribution in [0.1, 0.15) is 0 Å². The Balaban J connectivity index is 2.65. The molecule has 66 valence electrons. The van der Waals surface area contributed by atoms with Gasteiger partial charge in [0.25, 0.3) is 0 Å². The summed E-state index contributed by atoms with van der Waals surface area (Å²) >= 11 is 0. The molecule has 0 atom stereocenters. The molecule has 0 N–H and O–H groups in total. The molecule has 5 heteroatoms. The number of alkyl halides is 3. The zero-order valence-corrected chi connectivity index (χ0v) is 6.40. The Labute approximate surface area is 62.9 Å². The summed E-state index contributed by atoms with van der Waals surface area (Å²) in [7, 11) is 2.73. The zero-order chi connectivity index (χ0) is 8.70. The van der Waals surface area contributed by atoms with Crippen molar-refractivity contribution in [2.75, 3.05) is 27.2 Å². The normalized spacial score (nSPS) is 24.8. The summed E-state index contributed by atoms with van der Waals surface area (Å²) in [5.74, 6) is 0. The summed E-state index contributed by atoms with van der Waals surface area (Å²) in [6, 6.07) is 0. The first-order valence-corrected chi connectivity index (χ1v) is 3.22. The average Bonchev–Trinajstić information content (AvgIpc) is 1.77. The first-order chi connectivity index (χ1) is 4.91. The second-order valence-electron chi connectivity index (χ2n) is 2.87. The highest BCUT2D eigenvalue weighted by Crippen LogP contribution is 2.39. The minimum Gasteiger partial charge on any atom is -0.366 e. The number of methoxy groups -OCH3 is 1. The molecule has 1 saturated heterocycles. The summed E-state index contributed by atoms with van der Waals surface area (Å²) in [6.45, 7) is -0.125. The number of rotatable bonds is 1. The lowest BCUT2D eigenvalue weighted by Crippen LogP contribution is -2.68. The van der Waals surface area contributed by atoms with Gasteiger partial charge in [-0.25, -0.2) is 0 Å². The van der Waals surface area contributed by atoms with E-state index in [4.69, 9.17) is 0 Å². The fourth-order valence-corrected chi connectivity index (χ4v) is 1.25. The van der Waals surface area contributed by atoms with Crippen LogP contribution in [0.25, 0.3) is 0 Å². The van der Waals surface area contributed by atoms with Crippen molar-refractivity contribution in [3.05, 3.63) is 0 Å². The van der Waals surface area contributed by atoms with Crippen LogP contribution >= 0.6 is 0 Å². The van der Waals surface area contributed by atoms with Crippen LogP contribution in [0.2, 0.25) is 0 Å². The van der Waals surface area contributed by atoms with Crippen LogP contribution < -0.4 is 0 Å². The van der Waals surface area contributed by atoms with E-state index in [0.29, 0.717) is 0 Å². The van der Waals surface area contributed by atoms with E-state index < -0.39 is 11.8 Å². The molecule has 1 aliphatic heterocycles. The molecule has 11 heavy (non-hydrogen) atoms. The highest BCUT2D eigenvalue weighted by atomic mass is 19.4. The summed E-state index contributed by atoms with van der Waals surface area (Å²) in [5.41, 5.74) is -1.90. The summed E-state index contributed by atoms with van der Waals surface area (Å²) in [4.78, 5) is 1.57. The number of halogens is 3. The third-order valence-corrected chi connectivity index (χ3v) is 1.96. The van der Waals surface area contributed by atoms with Gasteiger partial charge < -0.3 is 4.74 Å². The van der Waals surface area contributed by atoms with E-state index in [1.165, 1.54) is 0 Å². The standard InChI is InChI=1S/C6H10F3NO/c1-10-3-5(4-10,11-2)6(7,8)9/h3-4H2,1-2H3. The van der Waals surface area contributed by atoms with E-state index in [1.807, 2.05) is 0 Å². The number of ether oxygens (including phenoxy) is 1. The van der Waals surface area contributed by atoms with Crippen LogP contribution in [0, 0.1) is 0 Å². The maximum atomic E-state index is 12.2. The average molecular weight is 169 g/mol. The number of hydrogen-bond acceptors (Lipinski definition) is 2. The van der Waals surface area contributed by atoms with Crippen LogP contribution in [0.5, 0.6) is 0 Å². The van der Waals surface area contributed by atoms with Crippen molar-refractivity contribution >= 4 is 0 Å². The second kappa shape index (κ2) is 2.35. The van der Waals surface area contributed by atoms with Crippen LogP contribution in [-0.4, -0.2) is 43.9 Å². The predicted molar refractivity (Wildman–Crippen MR) is 33.3 cm³/mol. The topological polar surface area (TPSA) is 12.5 Å². The van der Waals surface area contributed by atoms with E-state index in [9.17, 15) is 13.2 Å². The first kappa shape index (κ1) is 8.80. The summed E-state index contributed by atoms with van der Waals surface area (Å²) in [5, 5.41) is 0. The molecule has 0 radical (unpaired) electrons. The molecular formula is C6H10F3NO. The first-order valence-electron chi connectivity index (χ1n) is 3.22. The second-order valence-corrected chi connectivity index (χ2v) is 2.87. The molecule has 0 aromatic rings. The van der Waals surface area contributed by atoms with Crippen molar-refractivity contribution in [2.45, 2.75) is 11.8 Å². The Hall–Kier alpha value is -0.290. The van der Waals surface area contributed by atoms with Gasteiger partial charge in [0.1, 0.15) is 0 Å². The minimum atomic E-state index is -4.24. The molecule has 0 aromatic carbocycles. The molecule has 1 heterocycles. The molecule has 0 unspecified atom stereocenters. The molecule has 0 bridgehead atoms. The zero-order valence-electron chi connectivity index (χ0n) is 6.40. The third kappa shape index (κ3) is 1.22. The predicted octanol–water partition coefficient (Wildman–Crippen LogP) is 0.879. The smallest absolute Gasteiger partial charge is 0.366 e. The van der Waals surface area contributed by atoms with Crippen molar-refractivity contribution in [3.63, 3.8) is 0 Å². The van der Waals surface area contributed by atoms with Gasteiger partial charge in [0.2, 0.25) is 0 Å². The number of likely N-dealkylation sites (N-methyl/N-ethyl adjacent to an activating group) is 1. The lowest BCUT2D eigenvalue weighted by Gasteiger charge is -2.47. The van der Waals surface area contributed by atoms with E-state index in [1.54, 1.807) is 11.9 Å². The summed E-state index contributed by atoms with van der Waals surface area (Å²) < 4.78 is 41.0. The maximum Gasteiger partial charge on any atom is 0.419 e. The molecule has 0 aromatic heterocycles. The minimum absolute atomic E-state index is 0.0625. The van der Waals surface area contributed by atoms with Crippen molar-refractivity contribution in [1.29, 1.82) is 0 Å². The van der Waals surface area contributed by atoms with Gasteiger partial charge >= 0.3 is 6.18 Å². The highest BCUT2D eigenvalue weighted by molar-refractivity contribution is 5.01. The van der Waals surface area contributed by atoms with E-state index in [-0.39, 0.29) is 13.1 Å². The van der Waals surface area contributed by atoms with Crippen molar-refractivity contribution in [1.82, 2.24) is 4.90 Å². The van der Waals surface area contributed by atoms with Crippen molar-refractivity contribution in [3.8, 4) is 0 Å². The van der Waals surface area contributed by atoms with E-state index in [2.05, 4.69) is 4.74 Å². The van der Waals surface area contributed by atoms with Gasteiger partial charge in [0.05, 0.1) is 0 Å². The number of likely N-dealkylation sites (tertiary alicyclic amines) is 1. The Kier molecular flexibility index (Phi) is 1.88. The largest absolute Gasteiger partial charge is 0.419 e. The monoisotopic (exact) mass is 169 g/mol. The van der Waals surface area contributed by atoms with Crippen molar-refractivity contribution < 1.29 is 17.9 Å². The lowest BCUT2D eigenvalue weighted by atomic mass is 9.94. The van der Waals surface area contributed by atoms with E-state index >= 15 is 0 Å². The highest BCUT2D eigenvalue weighted by Gasteiger charge is 2.61. The molecule has 0 aliphatic carbocycles. The van der Waals surface area contributed by atoms with Crippen molar-refractivity contribution in [2.24, 2.45) is 0 Å². The molecule has 1 aliphatic rings. The third-order valence-electron chi connectivity index (χ3n) is 1.96. The molecular weight excluding hydrogens is 159 g/mol. The van der Waals surface area contributed by atoms with E-state index in [0.717, 1.165) is 7.11 Å². The quantitative estimate of drug-likeness (QED) is 0.577. The number of hydrogen-bond donors (Lipinski definition) is 0. The molecule has 0 spiro atoms. The van der Waals surface area contributed by atoms with Gasteiger partial charge in [-0.1, -0.05) is 0 Å². The summed E-state index contributed by atoms with van der Waals surface area (Å²) in [6.07, 6.45) is -4.24. The fourth-order valence-electron chi connectivity index (χ4n) is 1.25. The fraction of sp³-hybridized carbons (Fsp3) is 1.00. The SMILES string of the molecule is COC1(C(F)(F)F)CN(C)C1. The molecule has 1 fully saturated rings. The lowest BCUT2D eigenvalue weighted by molar-refractivity contribution is -0.307. The Morgan fingerprint density at radius 2 is 1.82 bits per heavy atom. The molecule has 1 rings (SSSR count).